The normalized spacial score (nSPS) is 12.3. The molecule has 6 nitrogen and oxygen atoms in total. The fourth-order valence-corrected chi connectivity index (χ4v) is 3.09. The van der Waals surface area contributed by atoms with Crippen LogP contribution in [0.4, 0.5) is 5.69 Å². The van der Waals surface area contributed by atoms with Crippen LogP contribution in [-0.2, 0) is 20.0 Å². The van der Waals surface area contributed by atoms with E-state index >= 15 is 0 Å². The molecule has 28 heavy (non-hydrogen) atoms. The fraction of sp³-hybridized carbons (Fsp3) is 0.524. The Morgan fingerprint density at radius 2 is 1.86 bits per heavy atom. The fourth-order valence-electron chi connectivity index (χ4n) is 3.09. The number of aryl methyl sites for hydroxylation is 2. The summed E-state index contributed by atoms with van der Waals surface area (Å²) in [5.74, 6) is 0.848. The van der Waals surface area contributed by atoms with E-state index in [0.717, 1.165) is 24.6 Å². The molecule has 1 aromatic carbocycles. The summed E-state index contributed by atoms with van der Waals surface area (Å²) in [4.78, 5) is 6.85. The topological polar surface area (TPSA) is 57.5 Å². The average molecular weight is 498 g/mol. The van der Waals surface area contributed by atoms with Crippen LogP contribution in [0.25, 0.3) is 0 Å². The Hall–Kier alpha value is -1.77. The van der Waals surface area contributed by atoms with Gasteiger partial charge >= 0.3 is 0 Å². The maximum absolute atomic E-state index is 4.75. The van der Waals surface area contributed by atoms with E-state index in [2.05, 4.69) is 72.6 Å². The molecular formula is C21H35IN6. The van der Waals surface area contributed by atoms with E-state index in [9.17, 15) is 0 Å². The standard InChI is InChI=1S/C21H34N6.HI/c1-8-22-21(23-14-18-9-11-19(12-10-18)26(5)6)24-15(2)13-20-16(3)25-27(7)17(20)4;/h9-12,15H,8,13-14H2,1-7H3,(H2,22,23,24);1H. The minimum absolute atomic E-state index is 0. The number of hydrogen-bond donors (Lipinski definition) is 2. The Labute approximate surface area is 186 Å². The quantitative estimate of drug-likeness (QED) is 0.349. The van der Waals surface area contributed by atoms with Crippen molar-refractivity contribution in [3.05, 3.63) is 46.8 Å². The van der Waals surface area contributed by atoms with Gasteiger partial charge in [0, 0.05) is 45.1 Å². The molecule has 1 heterocycles. The Morgan fingerprint density at radius 1 is 1.21 bits per heavy atom. The molecular weight excluding hydrogens is 463 g/mol. The highest BCUT2D eigenvalue weighted by Crippen LogP contribution is 2.15. The number of nitrogens with zero attached hydrogens (tertiary/aromatic N) is 4. The third-order valence-corrected chi connectivity index (χ3v) is 4.77. The van der Waals surface area contributed by atoms with Gasteiger partial charge in [0.1, 0.15) is 0 Å². The highest BCUT2D eigenvalue weighted by atomic mass is 127. The number of hydrogen-bond acceptors (Lipinski definition) is 3. The van der Waals surface area contributed by atoms with Gasteiger partial charge in [0.2, 0.25) is 0 Å². The van der Waals surface area contributed by atoms with Crippen molar-refractivity contribution in [2.45, 2.75) is 46.7 Å². The van der Waals surface area contributed by atoms with E-state index in [0.29, 0.717) is 6.54 Å². The van der Waals surface area contributed by atoms with Gasteiger partial charge in [-0.1, -0.05) is 12.1 Å². The van der Waals surface area contributed by atoms with Crippen molar-refractivity contribution in [2.24, 2.45) is 12.0 Å². The van der Waals surface area contributed by atoms with Crippen molar-refractivity contribution in [3.63, 3.8) is 0 Å². The van der Waals surface area contributed by atoms with Crippen LogP contribution < -0.4 is 15.5 Å². The summed E-state index contributed by atoms with van der Waals surface area (Å²) in [6, 6.07) is 8.78. The summed E-state index contributed by atoms with van der Waals surface area (Å²) in [7, 11) is 6.10. The van der Waals surface area contributed by atoms with Crippen molar-refractivity contribution < 1.29 is 0 Å². The van der Waals surface area contributed by atoms with Crippen LogP contribution in [0.2, 0.25) is 0 Å². The first-order valence-corrected chi connectivity index (χ1v) is 9.62. The largest absolute Gasteiger partial charge is 0.378 e. The minimum atomic E-state index is 0. The Kier molecular flexibility index (Phi) is 9.78. The van der Waals surface area contributed by atoms with E-state index in [1.165, 1.54) is 22.5 Å². The van der Waals surface area contributed by atoms with Crippen LogP contribution in [0.15, 0.2) is 29.3 Å². The number of guanidine groups is 1. The molecule has 0 saturated heterocycles. The van der Waals surface area contributed by atoms with Crippen molar-refractivity contribution in [1.29, 1.82) is 0 Å². The Balaban J connectivity index is 0.00000392. The molecule has 0 fully saturated rings. The van der Waals surface area contributed by atoms with Crippen LogP contribution in [-0.4, -0.2) is 42.4 Å². The SMILES string of the molecule is CCNC(=NCc1ccc(N(C)C)cc1)NC(C)Cc1c(C)nn(C)c1C.I. The predicted molar refractivity (Wildman–Crippen MR) is 130 cm³/mol. The van der Waals surface area contributed by atoms with Gasteiger partial charge in [-0.05, 0) is 57.4 Å². The number of aromatic nitrogens is 2. The molecule has 7 heteroatoms. The van der Waals surface area contributed by atoms with Crippen molar-refractivity contribution in [3.8, 4) is 0 Å². The monoisotopic (exact) mass is 498 g/mol. The Morgan fingerprint density at radius 3 is 2.36 bits per heavy atom. The van der Waals surface area contributed by atoms with Gasteiger partial charge in [-0.25, -0.2) is 4.99 Å². The number of aliphatic imine (C=N–C) groups is 1. The van der Waals surface area contributed by atoms with E-state index in [4.69, 9.17) is 4.99 Å². The predicted octanol–water partition coefficient (Wildman–Crippen LogP) is 3.41. The van der Waals surface area contributed by atoms with E-state index in [-0.39, 0.29) is 30.0 Å². The van der Waals surface area contributed by atoms with Gasteiger partial charge in [-0.2, -0.15) is 5.10 Å². The highest BCUT2D eigenvalue weighted by Gasteiger charge is 2.14. The van der Waals surface area contributed by atoms with Crippen LogP contribution in [0.1, 0.15) is 36.4 Å². The summed E-state index contributed by atoms with van der Waals surface area (Å²) < 4.78 is 1.95. The third-order valence-electron chi connectivity index (χ3n) is 4.77. The summed E-state index contributed by atoms with van der Waals surface area (Å²) in [6.45, 7) is 9.96. The first-order valence-electron chi connectivity index (χ1n) is 9.62. The van der Waals surface area contributed by atoms with Crippen LogP contribution in [0.3, 0.4) is 0 Å². The van der Waals surface area contributed by atoms with Gasteiger partial charge in [-0.15, -0.1) is 24.0 Å². The first kappa shape index (κ1) is 24.3. The maximum Gasteiger partial charge on any atom is 0.191 e. The molecule has 0 aliphatic carbocycles. The maximum atomic E-state index is 4.75. The van der Waals surface area contributed by atoms with Gasteiger partial charge in [0.25, 0.3) is 0 Å². The second-order valence-corrected chi connectivity index (χ2v) is 7.28. The van der Waals surface area contributed by atoms with Gasteiger partial charge in [0.05, 0.1) is 12.2 Å². The van der Waals surface area contributed by atoms with E-state index in [1.807, 2.05) is 25.8 Å². The molecule has 1 unspecified atom stereocenters. The highest BCUT2D eigenvalue weighted by molar-refractivity contribution is 14.0. The van der Waals surface area contributed by atoms with Gasteiger partial charge in [0.15, 0.2) is 5.96 Å². The van der Waals surface area contributed by atoms with Crippen molar-refractivity contribution >= 4 is 35.6 Å². The van der Waals surface area contributed by atoms with Gasteiger partial charge in [-0.3, -0.25) is 4.68 Å². The molecule has 0 aliphatic rings. The molecule has 0 spiro atoms. The van der Waals surface area contributed by atoms with Crippen molar-refractivity contribution in [2.75, 3.05) is 25.5 Å². The summed E-state index contributed by atoms with van der Waals surface area (Å²) in [5.41, 5.74) is 6.04. The number of halogens is 1. The van der Waals surface area contributed by atoms with Gasteiger partial charge < -0.3 is 15.5 Å². The molecule has 2 rings (SSSR count). The first-order chi connectivity index (χ1) is 12.8. The zero-order valence-corrected chi connectivity index (χ0v) is 20.5. The zero-order valence-electron chi connectivity index (χ0n) is 18.2. The lowest BCUT2D eigenvalue weighted by molar-refractivity contribution is 0.636. The lowest BCUT2D eigenvalue weighted by Crippen LogP contribution is -2.43. The lowest BCUT2D eigenvalue weighted by Gasteiger charge is -2.18. The van der Waals surface area contributed by atoms with Crippen LogP contribution in [0, 0.1) is 13.8 Å². The summed E-state index contributed by atoms with van der Waals surface area (Å²) >= 11 is 0. The molecule has 1 atom stereocenters. The summed E-state index contributed by atoms with van der Waals surface area (Å²) in [6.07, 6.45) is 0.924. The smallest absolute Gasteiger partial charge is 0.191 e. The van der Waals surface area contributed by atoms with E-state index in [1.54, 1.807) is 0 Å². The van der Waals surface area contributed by atoms with Crippen molar-refractivity contribution in [1.82, 2.24) is 20.4 Å². The minimum Gasteiger partial charge on any atom is -0.378 e. The van der Waals surface area contributed by atoms with Crippen LogP contribution >= 0.6 is 24.0 Å². The number of rotatable bonds is 7. The number of nitrogens with one attached hydrogen (secondary N) is 2. The zero-order chi connectivity index (χ0) is 20.0. The average Bonchev–Trinajstić information content (AvgIpc) is 2.86. The molecule has 2 N–H and O–H groups in total. The molecule has 0 amide bonds. The molecule has 0 radical (unpaired) electrons. The molecule has 156 valence electrons. The van der Waals surface area contributed by atoms with Crippen LogP contribution in [0.5, 0.6) is 0 Å². The van der Waals surface area contributed by atoms with E-state index < -0.39 is 0 Å². The molecule has 0 bridgehead atoms. The number of benzene rings is 1. The molecule has 0 aliphatic heterocycles. The molecule has 1 aromatic heterocycles. The molecule has 2 aromatic rings. The molecule has 0 saturated carbocycles. The number of anilines is 1. The second-order valence-electron chi connectivity index (χ2n) is 7.28. The summed E-state index contributed by atoms with van der Waals surface area (Å²) in [5, 5.41) is 11.4. The Bertz CT molecular complexity index is 764. The lowest BCUT2D eigenvalue weighted by atomic mass is 10.1. The second kappa shape index (κ2) is 11.3. The third kappa shape index (κ3) is 6.68.